The van der Waals surface area contributed by atoms with Gasteiger partial charge in [0.1, 0.15) is 11.5 Å². The van der Waals surface area contributed by atoms with Crippen LogP contribution in [0, 0.1) is 0 Å². The van der Waals surface area contributed by atoms with Crippen molar-refractivity contribution in [2.45, 2.75) is 19.0 Å². The van der Waals surface area contributed by atoms with E-state index in [0.717, 1.165) is 39.0 Å². The van der Waals surface area contributed by atoms with Gasteiger partial charge in [-0.1, -0.05) is 65.9 Å². The summed E-state index contributed by atoms with van der Waals surface area (Å²) in [5.41, 5.74) is 4.22. The van der Waals surface area contributed by atoms with Crippen LogP contribution in [0.4, 0.5) is 0 Å². The Morgan fingerprint density at radius 2 is 1.82 bits per heavy atom. The van der Waals surface area contributed by atoms with Crippen LogP contribution >= 0.6 is 0 Å². The molecule has 3 heterocycles. The summed E-state index contributed by atoms with van der Waals surface area (Å²) >= 11 is 0. The lowest BCUT2D eigenvalue weighted by Gasteiger charge is -2.19. The predicted octanol–water partition coefficient (Wildman–Crippen LogP) is 4.98. The van der Waals surface area contributed by atoms with Crippen molar-refractivity contribution < 1.29 is 4.79 Å². The van der Waals surface area contributed by atoms with E-state index in [1.807, 2.05) is 85.2 Å². The summed E-state index contributed by atoms with van der Waals surface area (Å²) in [7, 11) is 0. The number of amides is 1. The summed E-state index contributed by atoms with van der Waals surface area (Å²) in [6, 6.07) is 25.4. The molecule has 1 atom stereocenters. The highest BCUT2D eigenvalue weighted by atomic mass is 16.1. The molecule has 0 aliphatic heterocycles. The third kappa shape index (κ3) is 5.05. The van der Waals surface area contributed by atoms with Crippen LogP contribution in [0.1, 0.15) is 33.4 Å². The van der Waals surface area contributed by atoms with Crippen molar-refractivity contribution in [1.29, 1.82) is 0 Å². The van der Waals surface area contributed by atoms with Gasteiger partial charge in [0.05, 0.1) is 18.8 Å². The fourth-order valence-electron chi connectivity index (χ4n) is 4.58. The van der Waals surface area contributed by atoms with Crippen molar-refractivity contribution in [3.05, 3.63) is 132 Å². The van der Waals surface area contributed by atoms with Gasteiger partial charge in [0.25, 0.3) is 5.91 Å². The molecule has 0 bridgehead atoms. The highest BCUT2D eigenvalue weighted by Crippen LogP contribution is 2.23. The fraction of sp³-hybridized carbons (Fsp3) is 0.100. The quantitative estimate of drug-likeness (QED) is 0.308. The Labute approximate surface area is 219 Å². The number of aromatic nitrogens is 6. The smallest absolute Gasteiger partial charge is 0.252 e. The molecule has 2 N–H and O–H groups in total. The maximum atomic E-state index is 13.5. The number of H-pyrrole nitrogens is 1. The molecule has 0 aliphatic rings. The molecule has 1 amide bonds. The van der Waals surface area contributed by atoms with Crippen LogP contribution in [0.2, 0.25) is 0 Å². The Balaban J connectivity index is 1.23. The number of benzene rings is 3. The molecule has 6 aromatic rings. The number of nitrogens with one attached hydrogen (secondary N) is 2. The second-order valence-electron chi connectivity index (χ2n) is 9.07. The van der Waals surface area contributed by atoms with Gasteiger partial charge in [0.15, 0.2) is 0 Å². The molecular weight excluding hydrogens is 474 g/mol. The lowest BCUT2D eigenvalue weighted by Crippen LogP contribution is -2.31. The van der Waals surface area contributed by atoms with Gasteiger partial charge in [-0.05, 0) is 34.7 Å². The molecule has 0 spiro atoms. The molecule has 0 saturated carbocycles. The van der Waals surface area contributed by atoms with Crippen LogP contribution in [0.25, 0.3) is 22.0 Å². The molecule has 186 valence electrons. The fourth-order valence-corrected chi connectivity index (χ4v) is 4.58. The molecule has 3 aromatic carbocycles. The summed E-state index contributed by atoms with van der Waals surface area (Å²) in [6.45, 7) is 0.419. The van der Waals surface area contributed by atoms with Gasteiger partial charge in [-0.25, -0.2) is 9.67 Å². The van der Waals surface area contributed by atoms with E-state index >= 15 is 0 Å². The topological polar surface area (TPSA) is 101 Å². The van der Waals surface area contributed by atoms with Crippen LogP contribution < -0.4 is 5.32 Å². The van der Waals surface area contributed by atoms with Crippen LogP contribution in [0.3, 0.4) is 0 Å². The number of nitrogens with zero attached hydrogens (tertiary/aromatic N) is 5. The summed E-state index contributed by atoms with van der Waals surface area (Å²) in [4.78, 5) is 25.2. The van der Waals surface area contributed by atoms with Crippen LogP contribution in [-0.4, -0.2) is 35.9 Å². The number of fused-ring (bicyclic) bond motifs is 1. The molecule has 0 aliphatic carbocycles. The molecule has 8 heteroatoms. The zero-order valence-electron chi connectivity index (χ0n) is 20.5. The number of carbonyl (C=O) groups is 1. The first kappa shape index (κ1) is 23.3. The van der Waals surface area contributed by atoms with E-state index in [1.54, 1.807) is 23.3 Å². The van der Waals surface area contributed by atoms with E-state index in [4.69, 9.17) is 0 Å². The lowest BCUT2D eigenvalue weighted by atomic mass is 10.0. The van der Waals surface area contributed by atoms with Crippen molar-refractivity contribution in [1.82, 2.24) is 35.3 Å². The largest absolute Gasteiger partial charge is 0.349 e. The van der Waals surface area contributed by atoms with Gasteiger partial charge in [-0.15, -0.1) is 5.10 Å². The van der Waals surface area contributed by atoms with Gasteiger partial charge in [-0.3, -0.25) is 9.78 Å². The van der Waals surface area contributed by atoms with Gasteiger partial charge in [-0.2, -0.15) is 0 Å². The summed E-state index contributed by atoms with van der Waals surface area (Å²) in [5.74, 6) is 0.664. The second kappa shape index (κ2) is 10.5. The first-order valence-corrected chi connectivity index (χ1v) is 12.4. The van der Waals surface area contributed by atoms with Gasteiger partial charge >= 0.3 is 0 Å². The third-order valence-electron chi connectivity index (χ3n) is 6.53. The van der Waals surface area contributed by atoms with E-state index in [1.165, 1.54) is 0 Å². The predicted molar refractivity (Wildman–Crippen MR) is 145 cm³/mol. The van der Waals surface area contributed by atoms with E-state index in [-0.39, 0.29) is 11.9 Å². The molecular formula is C30H25N7O. The van der Waals surface area contributed by atoms with Gasteiger partial charge in [0.2, 0.25) is 0 Å². The monoisotopic (exact) mass is 499 g/mol. The number of aromatic amines is 1. The molecule has 1 unspecified atom stereocenters. The second-order valence-corrected chi connectivity index (χ2v) is 9.07. The van der Waals surface area contributed by atoms with Crippen LogP contribution in [-0.2, 0) is 13.0 Å². The van der Waals surface area contributed by atoms with E-state index in [2.05, 4.69) is 36.6 Å². The van der Waals surface area contributed by atoms with Crippen molar-refractivity contribution in [2.75, 3.05) is 0 Å². The average Bonchev–Trinajstić information content (AvgIpc) is 3.66. The number of hydrogen-bond acceptors (Lipinski definition) is 5. The Kier molecular flexibility index (Phi) is 6.42. The number of hydrogen-bond donors (Lipinski definition) is 2. The Bertz CT molecular complexity index is 1680. The lowest BCUT2D eigenvalue weighted by molar-refractivity contribution is 0.0935. The molecule has 3 aromatic heterocycles. The molecule has 8 nitrogen and oxygen atoms in total. The Hall–Kier alpha value is -5.11. The zero-order chi connectivity index (χ0) is 25.7. The summed E-state index contributed by atoms with van der Waals surface area (Å²) in [6.07, 6.45) is 9.59. The van der Waals surface area contributed by atoms with Crippen LogP contribution in [0.5, 0.6) is 0 Å². The maximum Gasteiger partial charge on any atom is 0.252 e. The maximum absolute atomic E-state index is 13.5. The first-order valence-electron chi connectivity index (χ1n) is 12.4. The Morgan fingerprint density at radius 3 is 2.68 bits per heavy atom. The van der Waals surface area contributed by atoms with Crippen molar-refractivity contribution >= 4 is 16.7 Å². The summed E-state index contributed by atoms with van der Waals surface area (Å²) < 4.78 is 1.76. The zero-order valence-corrected chi connectivity index (χ0v) is 20.5. The first-order chi connectivity index (χ1) is 18.7. The normalized spacial score (nSPS) is 11.9. The number of pyridine rings is 1. The van der Waals surface area contributed by atoms with Crippen molar-refractivity contribution in [3.8, 4) is 11.3 Å². The Morgan fingerprint density at radius 1 is 0.947 bits per heavy atom. The van der Waals surface area contributed by atoms with Crippen molar-refractivity contribution in [2.24, 2.45) is 0 Å². The van der Waals surface area contributed by atoms with Crippen LogP contribution in [0.15, 0.2) is 110 Å². The van der Waals surface area contributed by atoms with E-state index in [0.29, 0.717) is 18.5 Å². The molecule has 6 rings (SSSR count). The van der Waals surface area contributed by atoms with E-state index in [9.17, 15) is 4.79 Å². The number of imidazole rings is 1. The minimum atomic E-state index is -0.232. The van der Waals surface area contributed by atoms with Gasteiger partial charge in [0, 0.05) is 47.7 Å². The molecule has 0 fully saturated rings. The number of rotatable bonds is 8. The van der Waals surface area contributed by atoms with Gasteiger partial charge < -0.3 is 10.3 Å². The highest BCUT2D eigenvalue weighted by molar-refractivity contribution is 5.96. The minimum absolute atomic E-state index is 0.149. The standard InChI is InChI=1S/C30H25N7O/c38-30(34-27(17-29-32-14-15-33-29)21-6-2-1-3-7-21)26-9-5-4-8-25(26)19-37-20-28(35-36-37)23-10-11-24-18-31-13-12-22(24)16-23/h1-16,18,20,27H,17,19H2,(H,32,33)(H,34,38). The SMILES string of the molecule is O=C(NC(Cc1ncc[nH]1)c1ccccc1)c1ccccc1Cn1cc(-c2ccc3cnccc3c2)nn1. The third-order valence-corrected chi connectivity index (χ3v) is 6.53. The van der Waals surface area contributed by atoms with E-state index < -0.39 is 0 Å². The minimum Gasteiger partial charge on any atom is -0.349 e. The molecule has 0 radical (unpaired) electrons. The van der Waals surface area contributed by atoms with Crippen molar-refractivity contribution in [3.63, 3.8) is 0 Å². The highest BCUT2D eigenvalue weighted by Gasteiger charge is 2.19. The average molecular weight is 500 g/mol. The summed E-state index contributed by atoms with van der Waals surface area (Å²) in [5, 5.41) is 14.1. The molecule has 0 saturated heterocycles. The molecule has 38 heavy (non-hydrogen) atoms. The number of carbonyl (C=O) groups excluding carboxylic acids is 1.